The van der Waals surface area contributed by atoms with Crippen LogP contribution in [-0.4, -0.2) is 11.6 Å². The second-order valence-corrected chi connectivity index (χ2v) is 5.52. The zero-order valence-electron chi connectivity index (χ0n) is 10.2. The van der Waals surface area contributed by atoms with Crippen LogP contribution in [0.1, 0.15) is 16.0 Å². The van der Waals surface area contributed by atoms with Gasteiger partial charge in [0.05, 0.1) is 5.69 Å². The lowest BCUT2D eigenvalue weighted by atomic mass is 10.1. The van der Waals surface area contributed by atoms with E-state index in [-0.39, 0.29) is 11.6 Å². The van der Waals surface area contributed by atoms with Gasteiger partial charge in [-0.25, -0.2) is 0 Å². The van der Waals surface area contributed by atoms with E-state index >= 15 is 0 Å². The number of anilines is 2. The average Bonchev–Trinajstić information content (AvgIpc) is 2.78. The fourth-order valence-electron chi connectivity index (χ4n) is 2.18. The highest BCUT2D eigenvalue weighted by Gasteiger charge is 2.37. The molecule has 0 radical (unpaired) electrons. The molecule has 2 heterocycles. The maximum atomic E-state index is 12.2. The molecule has 90 valence electrons. The number of hydrogen-bond acceptors (Lipinski definition) is 3. The molecular formula is C14H12N2OS. The normalized spacial score (nSPS) is 14.2. The molecule has 0 spiro atoms. The summed E-state index contributed by atoms with van der Waals surface area (Å²) in [7, 11) is 0. The maximum absolute atomic E-state index is 12.2. The molecule has 4 heteroatoms. The molecular weight excluding hydrogens is 244 g/mol. The van der Waals surface area contributed by atoms with Crippen molar-refractivity contribution in [1.29, 1.82) is 5.41 Å². The van der Waals surface area contributed by atoms with E-state index in [0.717, 1.165) is 26.7 Å². The Bertz CT molecular complexity index is 658. The number of rotatable bonds is 1. The van der Waals surface area contributed by atoms with Crippen molar-refractivity contribution >= 4 is 33.6 Å². The first-order valence-electron chi connectivity index (χ1n) is 5.69. The fraction of sp³-hybridized carbons (Fsp3) is 0.143. The van der Waals surface area contributed by atoms with E-state index < -0.39 is 0 Å². The van der Waals surface area contributed by atoms with Gasteiger partial charge in [-0.3, -0.25) is 15.1 Å². The first kappa shape index (κ1) is 11.2. The quantitative estimate of drug-likeness (QED) is 0.834. The van der Waals surface area contributed by atoms with E-state index in [1.54, 1.807) is 16.2 Å². The van der Waals surface area contributed by atoms with Gasteiger partial charge in [0, 0.05) is 10.4 Å². The summed E-state index contributed by atoms with van der Waals surface area (Å²) in [6, 6.07) is 9.51. The molecule has 1 amide bonds. The van der Waals surface area contributed by atoms with Crippen molar-refractivity contribution in [3.8, 4) is 0 Å². The van der Waals surface area contributed by atoms with Crippen molar-refractivity contribution in [3.63, 3.8) is 0 Å². The van der Waals surface area contributed by atoms with Crippen molar-refractivity contribution in [3.05, 3.63) is 46.3 Å². The summed E-state index contributed by atoms with van der Waals surface area (Å²) in [5, 5.41) is 8.87. The van der Waals surface area contributed by atoms with Gasteiger partial charge < -0.3 is 0 Å². The Morgan fingerprint density at radius 1 is 1.17 bits per heavy atom. The zero-order chi connectivity index (χ0) is 12.9. The van der Waals surface area contributed by atoms with Crippen molar-refractivity contribution in [2.45, 2.75) is 13.8 Å². The lowest BCUT2D eigenvalue weighted by molar-refractivity contribution is -0.111. The summed E-state index contributed by atoms with van der Waals surface area (Å²) in [5.74, 6) is -0.231. The lowest BCUT2D eigenvalue weighted by Crippen LogP contribution is -2.24. The van der Waals surface area contributed by atoms with Crippen LogP contribution in [-0.2, 0) is 4.79 Å². The Labute approximate surface area is 109 Å². The molecule has 0 unspecified atom stereocenters. The number of para-hydroxylation sites is 1. The third-order valence-corrected chi connectivity index (χ3v) is 4.44. The van der Waals surface area contributed by atoms with Crippen molar-refractivity contribution < 1.29 is 4.79 Å². The number of aryl methyl sites for hydroxylation is 1. The maximum Gasteiger partial charge on any atom is 0.282 e. The third-order valence-electron chi connectivity index (χ3n) is 3.25. The van der Waals surface area contributed by atoms with Crippen molar-refractivity contribution in [2.75, 3.05) is 4.90 Å². The van der Waals surface area contributed by atoms with E-state index in [2.05, 4.69) is 0 Å². The van der Waals surface area contributed by atoms with Crippen molar-refractivity contribution in [1.82, 2.24) is 0 Å². The summed E-state index contributed by atoms with van der Waals surface area (Å²) >= 11 is 1.58. The van der Waals surface area contributed by atoms with E-state index in [0.29, 0.717) is 0 Å². The number of nitrogens with one attached hydrogen (secondary N) is 1. The Balaban J connectivity index is 2.22. The van der Waals surface area contributed by atoms with Crippen LogP contribution in [0.3, 0.4) is 0 Å². The molecule has 1 aromatic carbocycles. The molecule has 1 N–H and O–H groups in total. The van der Waals surface area contributed by atoms with Crippen LogP contribution in [0.15, 0.2) is 30.3 Å². The lowest BCUT2D eigenvalue weighted by Gasteiger charge is -2.14. The van der Waals surface area contributed by atoms with Crippen LogP contribution in [0.25, 0.3) is 0 Å². The molecule has 1 aliphatic heterocycles. The number of carbonyl (C=O) groups is 1. The van der Waals surface area contributed by atoms with Crippen LogP contribution in [0.2, 0.25) is 0 Å². The predicted octanol–water partition coefficient (Wildman–Crippen LogP) is 3.41. The van der Waals surface area contributed by atoms with Crippen LogP contribution in [0.4, 0.5) is 10.7 Å². The minimum absolute atomic E-state index is 0.107. The summed E-state index contributed by atoms with van der Waals surface area (Å²) in [5.41, 5.74) is 2.78. The van der Waals surface area contributed by atoms with Crippen LogP contribution < -0.4 is 4.90 Å². The second kappa shape index (κ2) is 3.78. The van der Waals surface area contributed by atoms with Crippen molar-refractivity contribution in [2.24, 2.45) is 0 Å². The second-order valence-electron chi connectivity index (χ2n) is 4.31. The monoisotopic (exact) mass is 256 g/mol. The molecule has 1 aliphatic rings. The molecule has 0 saturated heterocycles. The summed E-state index contributed by atoms with van der Waals surface area (Å²) in [6.45, 7) is 4.00. The van der Waals surface area contributed by atoms with E-state index in [9.17, 15) is 4.79 Å². The van der Waals surface area contributed by atoms with Gasteiger partial charge in [-0.2, -0.15) is 0 Å². The van der Waals surface area contributed by atoms with Gasteiger partial charge in [0.2, 0.25) is 0 Å². The highest BCUT2D eigenvalue weighted by molar-refractivity contribution is 7.17. The molecule has 0 bridgehead atoms. The molecule has 0 atom stereocenters. The topological polar surface area (TPSA) is 44.2 Å². The minimum Gasteiger partial charge on any atom is -0.295 e. The van der Waals surface area contributed by atoms with E-state index in [1.807, 2.05) is 44.2 Å². The van der Waals surface area contributed by atoms with Crippen LogP contribution in [0.5, 0.6) is 0 Å². The Morgan fingerprint density at radius 3 is 2.50 bits per heavy atom. The molecule has 2 aromatic rings. The molecule has 18 heavy (non-hydrogen) atoms. The number of carbonyl (C=O) groups excluding carboxylic acids is 1. The fourth-order valence-corrected chi connectivity index (χ4v) is 3.37. The van der Waals surface area contributed by atoms with Gasteiger partial charge in [0.1, 0.15) is 10.7 Å². The predicted molar refractivity (Wildman–Crippen MR) is 74.2 cm³/mol. The average molecular weight is 256 g/mol. The molecule has 3 nitrogen and oxygen atoms in total. The Morgan fingerprint density at radius 2 is 1.83 bits per heavy atom. The van der Waals surface area contributed by atoms with Gasteiger partial charge in [-0.15, -0.1) is 11.3 Å². The van der Waals surface area contributed by atoms with E-state index in [1.165, 1.54) is 0 Å². The highest BCUT2D eigenvalue weighted by atomic mass is 32.1. The third kappa shape index (κ3) is 1.36. The molecule has 3 rings (SSSR count). The standard InChI is InChI=1S/C14H12N2OS/c1-8-9(2)18-14-11(8)12(15)13(17)16(14)10-6-4-3-5-7-10/h3-7,15H,1-2H3. The number of amides is 1. The molecule has 0 saturated carbocycles. The van der Waals surface area contributed by atoms with Crippen LogP contribution in [0, 0.1) is 19.3 Å². The van der Waals surface area contributed by atoms with Gasteiger partial charge in [-0.1, -0.05) is 18.2 Å². The molecule has 0 aliphatic carbocycles. The number of hydrogen-bond donors (Lipinski definition) is 1. The SMILES string of the molecule is Cc1sc2c(c1C)C(=N)C(=O)N2c1ccccc1. The summed E-state index contributed by atoms with van der Waals surface area (Å²) in [6.07, 6.45) is 0. The van der Waals surface area contributed by atoms with E-state index in [4.69, 9.17) is 5.41 Å². The van der Waals surface area contributed by atoms with Crippen LogP contribution >= 0.6 is 11.3 Å². The molecule has 0 fully saturated rings. The zero-order valence-corrected chi connectivity index (χ0v) is 11.0. The van der Waals surface area contributed by atoms with Gasteiger partial charge in [0.25, 0.3) is 5.91 Å². The Hall–Kier alpha value is -1.94. The number of nitrogens with zero attached hydrogens (tertiary/aromatic N) is 1. The summed E-state index contributed by atoms with van der Waals surface area (Å²) in [4.78, 5) is 15.0. The smallest absolute Gasteiger partial charge is 0.282 e. The first-order chi connectivity index (χ1) is 8.61. The van der Waals surface area contributed by atoms with Gasteiger partial charge >= 0.3 is 0 Å². The Kier molecular flexibility index (Phi) is 2.35. The largest absolute Gasteiger partial charge is 0.295 e. The number of thiophene rings is 1. The number of fused-ring (bicyclic) bond motifs is 1. The molecule has 1 aromatic heterocycles. The van der Waals surface area contributed by atoms with Gasteiger partial charge in [-0.05, 0) is 31.5 Å². The minimum atomic E-state index is -0.231. The first-order valence-corrected chi connectivity index (χ1v) is 6.51. The highest BCUT2D eigenvalue weighted by Crippen LogP contribution is 2.43. The number of benzene rings is 1. The summed E-state index contributed by atoms with van der Waals surface area (Å²) < 4.78 is 0. The van der Waals surface area contributed by atoms with Gasteiger partial charge in [0.15, 0.2) is 0 Å².